The first-order valence-corrected chi connectivity index (χ1v) is 11.0. The Labute approximate surface area is 180 Å². The summed E-state index contributed by atoms with van der Waals surface area (Å²) in [5.41, 5.74) is 1.15. The molecule has 0 saturated carbocycles. The summed E-state index contributed by atoms with van der Waals surface area (Å²) in [6, 6.07) is 14.2. The fourth-order valence-electron chi connectivity index (χ4n) is 2.16. The van der Waals surface area contributed by atoms with Crippen LogP contribution in [0.2, 0.25) is 0 Å². The maximum absolute atomic E-state index is 11.6. The molecule has 0 aliphatic heterocycles. The van der Waals surface area contributed by atoms with Crippen LogP contribution in [0.3, 0.4) is 0 Å². The molecule has 2 rings (SSSR count). The lowest BCUT2D eigenvalue weighted by atomic mass is 10.2. The van der Waals surface area contributed by atoms with E-state index < -0.39 is 11.9 Å². The molecule has 0 saturated heterocycles. The molecule has 2 aromatic carbocycles. The number of aliphatic carboxylic acids is 2. The summed E-state index contributed by atoms with van der Waals surface area (Å²) >= 11 is 0. The molecule has 8 nitrogen and oxygen atoms in total. The minimum Gasteiger partial charge on any atom is -0.550 e. The zero-order valence-electron chi connectivity index (χ0n) is 15.7. The highest BCUT2D eigenvalue weighted by molar-refractivity contribution is 8.76. The average molecular weight is 447 g/mol. The second-order valence-corrected chi connectivity index (χ2v) is 8.33. The van der Waals surface area contributed by atoms with Crippen LogP contribution in [0, 0.1) is 0 Å². The van der Waals surface area contributed by atoms with Gasteiger partial charge in [-0.1, -0.05) is 21.6 Å². The van der Waals surface area contributed by atoms with Crippen molar-refractivity contribution in [2.24, 2.45) is 0 Å². The molecule has 0 aliphatic carbocycles. The zero-order chi connectivity index (χ0) is 21.9. The Bertz CT molecular complexity index is 825. The van der Waals surface area contributed by atoms with Gasteiger partial charge in [-0.05, 0) is 61.4 Å². The Balaban J connectivity index is 1.78. The van der Waals surface area contributed by atoms with Crippen molar-refractivity contribution in [2.75, 3.05) is 10.6 Å². The monoisotopic (exact) mass is 446 g/mol. The number of hydrogen-bond acceptors (Lipinski definition) is 8. The molecule has 2 amide bonds. The van der Waals surface area contributed by atoms with Gasteiger partial charge in [-0.2, -0.15) is 0 Å². The maximum atomic E-state index is 11.6. The first kappa shape index (κ1) is 23.3. The highest BCUT2D eigenvalue weighted by Gasteiger charge is 2.05. The van der Waals surface area contributed by atoms with Crippen LogP contribution in [0.1, 0.15) is 25.7 Å². The normalized spacial score (nSPS) is 10.3. The largest absolute Gasteiger partial charge is 0.550 e. The molecule has 0 spiro atoms. The van der Waals surface area contributed by atoms with Crippen molar-refractivity contribution in [1.82, 2.24) is 0 Å². The second-order valence-electron chi connectivity index (χ2n) is 6.06. The van der Waals surface area contributed by atoms with Crippen molar-refractivity contribution in [3.8, 4) is 0 Å². The predicted octanol–water partition coefficient (Wildman–Crippen LogP) is 1.42. The van der Waals surface area contributed by atoms with Crippen molar-refractivity contribution in [2.45, 2.75) is 35.5 Å². The number of hydrogen-bond donors (Lipinski definition) is 2. The molecular formula is C20H18N2O6S2-2. The lowest BCUT2D eigenvalue weighted by Crippen LogP contribution is -2.24. The van der Waals surface area contributed by atoms with Gasteiger partial charge in [0.1, 0.15) is 0 Å². The lowest BCUT2D eigenvalue weighted by molar-refractivity contribution is -0.307. The molecule has 10 heteroatoms. The van der Waals surface area contributed by atoms with E-state index in [0.717, 1.165) is 9.79 Å². The van der Waals surface area contributed by atoms with Gasteiger partial charge in [0.05, 0.1) is 0 Å². The highest BCUT2D eigenvalue weighted by Crippen LogP contribution is 2.38. The van der Waals surface area contributed by atoms with Crippen molar-refractivity contribution in [3.05, 3.63) is 48.5 Å². The van der Waals surface area contributed by atoms with E-state index in [0.29, 0.717) is 11.4 Å². The molecule has 30 heavy (non-hydrogen) atoms. The van der Waals surface area contributed by atoms with E-state index in [9.17, 15) is 29.4 Å². The maximum Gasteiger partial charge on any atom is 0.224 e. The number of carbonyl (C=O) groups is 4. The van der Waals surface area contributed by atoms with Gasteiger partial charge >= 0.3 is 0 Å². The SMILES string of the molecule is O=C([O-])CCC(=O)Nc1ccc(SSc2ccc(NC(=O)CCC(=O)[O-])cc2)cc1. The molecule has 0 fully saturated rings. The quantitative estimate of drug-likeness (QED) is 0.494. The van der Waals surface area contributed by atoms with Crippen LogP contribution in [0.15, 0.2) is 58.3 Å². The summed E-state index contributed by atoms with van der Waals surface area (Å²) in [4.78, 5) is 45.9. The van der Waals surface area contributed by atoms with Gasteiger partial charge in [0.15, 0.2) is 0 Å². The van der Waals surface area contributed by atoms with E-state index in [-0.39, 0.29) is 37.5 Å². The summed E-state index contributed by atoms with van der Waals surface area (Å²) in [5.74, 6) is -3.30. The first-order valence-electron chi connectivity index (χ1n) is 8.86. The smallest absolute Gasteiger partial charge is 0.224 e. The third-order valence-electron chi connectivity index (χ3n) is 3.62. The topological polar surface area (TPSA) is 138 Å². The van der Waals surface area contributed by atoms with Crippen molar-refractivity contribution < 1.29 is 29.4 Å². The Kier molecular flexibility index (Phi) is 9.23. The van der Waals surface area contributed by atoms with Gasteiger partial charge in [-0.15, -0.1) is 0 Å². The standard InChI is InChI=1S/C20H20N2O6S2/c23-17(9-11-19(25)26)21-13-1-5-15(6-2-13)29-30-16-7-3-14(4-8-16)22-18(24)10-12-20(27)28/h1-8H,9-12H2,(H,21,23)(H,22,24)(H,25,26)(H,27,28)/p-2. The van der Waals surface area contributed by atoms with Crippen LogP contribution < -0.4 is 20.8 Å². The second kappa shape index (κ2) is 11.9. The molecule has 0 atom stereocenters. The zero-order valence-corrected chi connectivity index (χ0v) is 17.3. The third kappa shape index (κ3) is 9.01. The molecule has 2 aromatic rings. The molecule has 2 N–H and O–H groups in total. The van der Waals surface area contributed by atoms with E-state index in [4.69, 9.17) is 0 Å². The summed E-state index contributed by atoms with van der Waals surface area (Å²) in [7, 11) is 3.01. The Morgan fingerprint density at radius 1 is 0.600 bits per heavy atom. The Morgan fingerprint density at radius 2 is 0.933 bits per heavy atom. The van der Waals surface area contributed by atoms with Gasteiger partial charge in [0, 0.05) is 45.9 Å². The number of nitrogens with one attached hydrogen (secondary N) is 2. The summed E-state index contributed by atoms with van der Waals surface area (Å²) in [5, 5.41) is 26.0. The van der Waals surface area contributed by atoms with E-state index in [1.54, 1.807) is 24.3 Å². The average Bonchev–Trinajstić information content (AvgIpc) is 2.71. The predicted molar refractivity (Wildman–Crippen MR) is 110 cm³/mol. The summed E-state index contributed by atoms with van der Waals surface area (Å²) < 4.78 is 0. The van der Waals surface area contributed by atoms with Crippen LogP contribution in [-0.4, -0.2) is 23.8 Å². The molecule has 0 radical (unpaired) electrons. The minimum atomic E-state index is -1.26. The van der Waals surface area contributed by atoms with Crippen LogP contribution in [-0.2, 0) is 19.2 Å². The van der Waals surface area contributed by atoms with Crippen LogP contribution in [0.5, 0.6) is 0 Å². The van der Waals surface area contributed by atoms with Crippen molar-refractivity contribution >= 4 is 56.7 Å². The number of carboxylic acids is 2. The summed E-state index contributed by atoms with van der Waals surface area (Å²) in [6.07, 6.45) is -0.915. The molecule has 0 unspecified atom stereocenters. The van der Waals surface area contributed by atoms with Crippen LogP contribution in [0.4, 0.5) is 11.4 Å². The number of carboxylic acid groups (broad SMARTS) is 2. The van der Waals surface area contributed by atoms with Crippen molar-refractivity contribution in [1.29, 1.82) is 0 Å². The van der Waals surface area contributed by atoms with Crippen molar-refractivity contribution in [3.63, 3.8) is 0 Å². The molecule has 0 aromatic heterocycles. The summed E-state index contributed by atoms with van der Waals surface area (Å²) in [6.45, 7) is 0. The third-order valence-corrected chi connectivity index (χ3v) is 6.04. The molecule has 0 heterocycles. The lowest BCUT2D eigenvalue weighted by Gasteiger charge is -2.08. The van der Waals surface area contributed by atoms with E-state index in [1.807, 2.05) is 24.3 Å². The van der Waals surface area contributed by atoms with Gasteiger partial charge in [-0.3, -0.25) is 9.59 Å². The van der Waals surface area contributed by atoms with Gasteiger partial charge in [0.25, 0.3) is 0 Å². The van der Waals surface area contributed by atoms with Gasteiger partial charge < -0.3 is 30.4 Å². The Morgan fingerprint density at radius 3 is 1.23 bits per heavy atom. The van der Waals surface area contributed by atoms with E-state index >= 15 is 0 Å². The number of carbonyl (C=O) groups excluding carboxylic acids is 4. The molecule has 0 aliphatic rings. The molecule has 0 bridgehead atoms. The molecule has 158 valence electrons. The van der Waals surface area contributed by atoms with E-state index in [2.05, 4.69) is 10.6 Å². The van der Waals surface area contributed by atoms with Gasteiger partial charge in [0.2, 0.25) is 11.8 Å². The fourth-order valence-corrected chi connectivity index (χ4v) is 4.09. The van der Waals surface area contributed by atoms with Crippen LogP contribution in [0.25, 0.3) is 0 Å². The molecular weight excluding hydrogens is 428 g/mol. The fraction of sp³-hybridized carbons (Fsp3) is 0.200. The Hall–Kier alpha value is -2.98. The first-order chi connectivity index (χ1) is 14.3. The van der Waals surface area contributed by atoms with E-state index in [1.165, 1.54) is 21.6 Å². The van der Waals surface area contributed by atoms with Gasteiger partial charge in [-0.25, -0.2) is 0 Å². The minimum absolute atomic E-state index is 0.137. The number of anilines is 2. The number of benzene rings is 2. The van der Waals surface area contributed by atoms with Crippen LogP contribution >= 0.6 is 21.6 Å². The highest BCUT2D eigenvalue weighted by atomic mass is 33.1. The number of amides is 2. The number of rotatable bonds is 11.